The van der Waals surface area contributed by atoms with Crippen molar-refractivity contribution in [1.82, 2.24) is 5.32 Å². The molecule has 47 heavy (non-hydrogen) atoms. The maximum absolute atomic E-state index is 12.4. The first kappa shape index (κ1) is 46.1. The summed E-state index contributed by atoms with van der Waals surface area (Å²) in [4.78, 5) is 12.4. The molecule has 0 radical (unpaired) electrons. The zero-order valence-corrected chi connectivity index (χ0v) is 31.7. The lowest BCUT2D eigenvalue weighted by atomic mass is 10.0. The van der Waals surface area contributed by atoms with Crippen LogP contribution < -0.4 is 5.32 Å². The Balaban J connectivity index is 3.63. The Bertz CT molecular complexity index is 655. The number of aliphatic hydroxyl groups is 3. The Labute approximate surface area is 293 Å². The van der Waals surface area contributed by atoms with Gasteiger partial charge in [-0.15, -0.1) is 0 Å². The Hall–Kier alpha value is -0.910. The molecule has 0 aromatic heterocycles. The molecule has 0 aliphatic carbocycles. The van der Waals surface area contributed by atoms with Gasteiger partial charge in [-0.25, -0.2) is 0 Å². The molecule has 5 heteroatoms. The minimum absolute atomic E-state index is 0.359. The van der Waals surface area contributed by atoms with Gasteiger partial charge >= 0.3 is 0 Å². The summed E-state index contributed by atoms with van der Waals surface area (Å²) in [6, 6.07) is -0.791. The zero-order chi connectivity index (χ0) is 34.5. The molecule has 0 rings (SSSR count). The lowest BCUT2D eigenvalue weighted by Gasteiger charge is -2.21. The van der Waals surface area contributed by atoms with Gasteiger partial charge in [-0.2, -0.15) is 0 Å². The van der Waals surface area contributed by atoms with Crippen molar-refractivity contribution in [3.63, 3.8) is 0 Å². The fourth-order valence-electron chi connectivity index (χ4n) is 6.54. The molecule has 3 atom stereocenters. The predicted octanol–water partition coefficient (Wildman–Crippen LogP) is 11.7. The normalized spacial score (nSPS) is 13.7. The third-order valence-corrected chi connectivity index (χ3v) is 9.88. The molecule has 0 aromatic carbocycles. The number of rotatable bonds is 38. The van der Waals surface area contributed by atoms with Crippen molar-refractivity contribution >= 4 is 5.91 Å². The molecule has 0 spiro atoms. The summed E-state index contributed by atoms with van der Waals surface area (Å²) in [5.74, 6) is -0.500. The molecule has 0 heterocycles. The smallest absolute Gasteiger partial charge is 0.249 e. The van der Waals surface area contributed by atoms with Gasteiger partial charge in [0.2, 0.25) is 5.91 Å². The van der Waals surface area contributed by atoms with Crippen LogP contribution in [0.5, 0.6) is 0 Å². The van der Waals surface area contributed by atoms with E-state index in [-0.39, 0.29) is 6.61 Å². The van der Waals surface area contributed by atoms with Crippen molar-refractivity contribution in [3.8, 4) is 0 Å². The topological polar surface area (TPSA) is 89.8 Å². The van der Waals surface area contributed by atoms with E-state index in [9.17, 15) is 20.1 Å². The number of carbonyl (C=O) groups excluding carboxylic acids is 1. The number of unbranched alkanes of at least 4 members (excludes halogenated alkanes) is 30. The van der Waals surface area contributed by atoms with Crippen LogP contribution in [0.1, 0.15) is 226 Å². The van der Waals surface area contributed by atoms with Gasteiger partial charge in [0.15, 0.2) is 0 Å². The van der Waals surface area contributed by atoms with Gasteiger partial charge in [-0.05, 0) is 19.3 Å². The molecule has 280 valence electrons. The van der Waals surface area contributed by atoms with Gasteiger partial charge in [0.1, 0.15) is 6.10 Å². The summed E-state index contributed by atoms with van der Waals surface area (Å²) < 4.78 is 0. The van der Waals surface area contributed by atoms with E-state index in [4.69, 9.17) is 0 Å². The van der Waals surface area contributed by atoms with Crippen molar-refractivity contribution in [1.29, 1.82) is 0 Å². The van der Waals surface area contributed by atoms with Crippen LogP contribution >= 0.6 is 0 Å². The molecule has 0 fully saturated rings. The minimum atomic E-state index is -1.09. The van der Waals surface area contributed by atoms with Gasteiger partial charge in [-0.3, -0.25) is 4.79 Å². The average molecular weight is 666 g/mol. The zero-order valence-electron chi connectivity index (χ0n) is 31.7. The van der Waals surface area contributed by atoms with Gasteiger partial charge in [0.25, 0.3) is 0 Å². The number of amides is 1. The van der Waals surface area contributed by atoms with Crippen molar-refractivity contribution in [2.75, 3.05) is 6.61 Å². The molecule has 5 nitrogen and oxygen atoms in total. The standard InChI is InChI=1S/C42H83NO4/c1-3-5-7-9-11-13-15-17-18-19-20-21-22-23-25-27-29-31-33-35-37-41(46)42(47)43-39(38-44)40(45)36-34-32-30-28-26-24-16-14-12-10-8-6-4-2/h34,36,39-41,44-46H,3-33,35,37-38H2,1-2H3,(H,43,47)/b36-34+/t39-,40?,41?/m0/s1. The van der Waals surface area contributed by atoms with Crippen LogP contribution in [-0.4, -0.2) is 46.1 Å². The number of allylic oxidation sites excluding steroid dienone is 1. The second kappa shape index (κ2) is 37.9. The van der Waals surface area contributed by atoms with Crippen LogP contribution in [0.25, 0.3) is 0 Å². The Morgan fingerprint density at radius 3 is 1.17 bits per heavy atom. The molecule has 2 unspecified atom stereocenters. The number of carbonyl (C=O) groups is 1. The van der Waals surface area contributed by atoms with Gasteiger partial charge < -0.3 is 20.6 Å². The minimum Gasteiger partial charge on any atom is -0.394 e. The first-order chi connectivity index (χ1) is 23.1. The quantitative estimate of drug-likeness (QED) is 0.0390. The van der Waals surface area contributed by atoms with Gasteiger partial charge in [-0.1, -0.05) is 219 Å². The fraction of sp³-hybridized carbons (Fsp3) is 0.929. The second-order valence-corrected chi connectivity index (χ2v) is 14.6. The summed E-state index contributed by atoms with van der Waals surface area (Å²) in [5, 5.41) is 33.1. The van der Waals surface area contributed by atoms with E-state index in [2.05, 4.69) is 19.2 Å². The predicted molar refractivity (Wildman–Crippen MR) is 204 cm³/mol. The summed E-state index contributed by atoms with van der Waals surface area (Å²) in [7, 11) is 0. The van der Waals surface area contributed by atoms with E-state index in [1.54, 1.807) is 6.08 Å². The highest BCUT2D eigenvalue weighted by Crippen LogP contribution is 2.16. The van der Waals surface area contributed by atoms with E-state index in [0.29, 0.717) is 6.42 Å². The lowest BCUT2D eigenvalue weighted by molar-refractivity contribution is -0.131. The third kappa shape index (κ3) is 33.4. The lowest BCUT2D eigenvalue weighted by Crippen LogP contribution is -2.48. The van der Waals surface area contributed by atoms with Crippen LogP contribution in [0.15, 0.2) is 12.2 Å². The van der Waals surface area contributed by atoms with Crippen molar-refractivity contribution < 1.29 is 20.1 Å². The molecule has 0 bridgehead atoms. The van der Waals surface area contributed by atoms with E-state index >= 15 is 0 Å². The van der Waals surface area contributed by atoms with Crippen LogP contribution in [0.4, 0.5) is 0 Å². The number of nitrogens with one attached hydrogen (secondary N) is 1. The molecular weight excluding hydrogens is 582 g/mol. The van der Waals surface area contributed by atoms with E-state index < -0.39 is 24.2 Å². The highest BCUT2D eigenvalue weighted by Gasteiger charge is 2.22. The summed E-state index contributed by atoms with van der Waals surface area (Å²) >= 11 is 0. The maximum Gasteiger partial charge on any atom is 0.249 e. The van der Waals surface area contributed by atoms with Gasteiger partial charge in [0, 0.05) is 0 Å². The van der Waals surface area contributed by atoms with Crippen LogP contribution in [0.3, 0.4) is 0 Å². The SMILES string of the molecule is CCCCCCCCCCCCC/C=C/C(O)[C@H](CO)NC(=O)C(O)CCCCCCCCCCCCCCCCCCCCCC. The summed E-state index contributed by atoms with van der Waals surface area (Å²) in [6.07, 6.45) is 43.8. The first-order valence-electron chi connectivity index (χ1n) is 21.0. The molecule has 0 aliphatic heterocycles. The van der Waals surface area contributed by atoms with Crippen LogP contribution in [0, 0.1) is 0 Å². The van der Waals surface area contributed by atoms with Crippen LogP contribution in [-0.2, 0) is 4.79 Å². The Kier molecular flexibility index (Phi) is 37.2. The summed E-state index contributed by atoms with van der Waals surface area (Å²) in [5.41, 5.74) is 0. The molecule has 0 aromatic rings. The number of aliphatic hydroxyl groups excluding tert-OH is 3. The third-order valence-electron chi connectivity index (χ3n) is 9.88. The van der Waals surface area contributed by atoms with Crippen molar-refractivity contribution in [3.05, 3.63) is 12.2 Å². The summed E-state index contributed by atoms with van der Waals surface area (Å²) in [6.45, 7) is 4.18. The molecule has 1 amide bonds. The maximum atomic E-state index is 12.4. The Morgan fingerprint density at radius 1 is 0.511 bits per heavy atom. The van der Waals surface area contributed by atoms with Crippen molar-refractivity contribution in [2.24, 2.45) is 0 Å². The highest BCUT2D eigenvalue weighted by atomic mass is 16.3. The average Bonchev–Trinajstić information content (AvgIpc) is 3.07. The molecule has 0 saturated carbocycles. The molecular formula is C42H83NO4. The number of hydrogen-bond donors (Lipinski definition) is 4. The Morgan fingerprint density at radius 2 is 0.830 bits per heavy atom. The number of hydrogen-bond acceptors (Lipinski definition) is 4. The van der Waals surface area contributed by atoms with E-state index in [1.807, 2.05) is 6.08 Å². The van der Waals surface area contributed by atoms with Gasteiger partial charge in [0.05, 0.1) is 18.8 Å². The molecule has 4 N–H and O–H groups in total. The highest BCUT2D eigenvalue weighted by molar-refractivity contribution is 5.80. The second-order valence-electron chi connectivity index (χ2n) is 14.6. The van der Waals surface area contributed by atoms with E-state index in [1.165, 1.54) is 173 Å². The molecule has 0 aliphatic rings. The fourth-order valence-corrected chi connectivity index (χ4v) is 6.54. The molecule has 0 saturated heterocycles. The van der Waals surface area contributed by atoms with Crippen molar-refractivity contribution in [2.45, 2.75) is 244 Å². The monoisotopic (exact) mass is 666 g/mol. The van der Waals surface area contributed by atoms with E-state index in [0.717, 1.165) is 32.1 Å². The first-order valence-corrected chi connectivity index (χ1v) is 21.0. The van der Waals surface area contributed by atoms with Crippen LogP contribution in [0.2, 0.25) is 0 Å². The largest absolute Gasteiger partial charge is 0.394 e.